The molecule has 0 aliphatic carbocycles. The molecule has 7 nitrogen and oxygen atoms in total. The van der Waals surface area contributed by atoms with E-state index in [1.807, 2.05) is 0 Å². The highest BCUT2D eigenvalue weighted by Crippen LogP contribution is 2.26. The lowest BCUT2D eigenvalue weighted by Crippen LogP contribution is -2.18. The summed E-state index contributed by atoms with van der Waals surface area (Å²) in [7, 11) is 0. The smallest absolute Gasteiger partial charge is 0.573 e. The van der Waals surface area contributed by atoms with Crippen molar-refractivity contribution in [2.24, 2.45) is 0 Å². The van der Waals surface area contributed by atoms with Crippen molar-refractivity contribution in [1.29, 1.82) is 5.41 Å². The lowest BCUT2D eigenvalue weighted by Gasteiger charge is -2.11. The summed E-state index contributed by atoms with van der Waals surface area (Å²) in [6.45, 7) is -0.325. The fourth-order valence-corrected chi connectivity index (χ4v) is 2.17. The van der Waals surface area contributed by atoms with Gasteiger partial charge in [0.25, 0.3) is 5.89 Å². The maximum absolute atomic E-state index is 14.0. The molecule has 0 spiro atoms. The number of ether oxygens (including phenoxy) is 2. The van der Waals surface area contributed by atoms with Gasteiger partial charge in [0.05, 0.1) is 0 Å². The molecule has 0 radical (unpaired) electrons. The molecule has 0 fully saturated rings. The van der Waals surface area contributed by atoms with Gasteiger partial charge >= 0.3 is 6.36 Å². The fourth-order valence-electron chi connectivity index (χ4n) is 2.17. The molecule has 28 heavy (non-hydrogen) atoms. The molecule has 1 heterocycles. The molecular weight excluding hydrogens is 386 g/mol. The minimum atomic E-state index is -4.80. The maximum atomic E-state index is 14.0. The molecule has 3 rings (SSSR count). The van der Waals surface area contributed by atoms with Crippen LogP contribution in [0.2, 0.25) is 0 Å². The summed E-state index contributed by atoms with van der Waals surface area (Å²) in [5, 5.41) is 21.6. The predicted molar refractivity (Wildman–Crippen MR) is 84.0 cm³/mol. The minimum Gasteiger partial charge on any atom is -0.859 e. The monoisotopic (exact) mass is 396 g/mol. The molecule has 0 aliphatic heterocycles. The van der Waals surface area contributed by atoms with Gasteiger partial charge in [-0.1, -0.05) is 17.3 Å². The van der Waals surface area contributed by atoms with Gasteiger partial charge in [0.15, 0.2) is 18.2 Å². The summed E-state index contributed by atoms with van der Waals surface area (Å²) in [5.41, 5.74) is -0.0811. The van der Waals surface area contributed by atoms with Crippen molar-refractivity contribution in [2.75, 3.05) is 0 Å². The van der Waals surface area contributed by atoms with Crippen LogP contribution in [0.4, 0.5) is 17.6 Å². The van der Waals surface area contributed by atoms with E-state index < -0.39 is 29.4 Å². The Balaban J connectivity index is 1.68. The first-order chi connectivity index (χ1) is 13.2. The van der Waals surface area contributed by atoms with Crippen molar-refractivity contribution in [2.45, 2.75) is 13.0 Å². The summed E-state index contributed by atoms with van der Waals surface area (Å²) in [6.07, 6.45) is -4.80. The molecule has 0 unspecified atom stereocenters. The lowest BCUT2D eigenvalue weighted by atomic mass is 10.2. The van der Waals surface area contributed by atoms with Crippen LogP contribution in [0.3, 0.4) is 0 Å². The average molecular weight is 396 g/mol. The largest absolute Gasteiger partial charge is 0.859 e. The van der Waals surface area contributed by atoms with E-state index in [4.69, 9.17) is 14.7 Å². The SMILES string of the molecule is N=C([O-])c1cccc(OCc2nc(-c3ccc(OC(F)(F)F)cc3)no2)c1F. The number of alkyl halides is 3. The minimum absolute atomic E-state index is 0.0346. The Morgan fingerprint density at radius 2 is 1.86 bits per heavy atom. The van der Waals surface area contributed by atoms with E-state index in [0.29, 0.717) is 5.56 Å². The second kappa shape index (κ2) is 7.55. The molecule has 0 bridgehead atoms. The molecule has 1 N–H and O–H groups in total. The second-order valence-electron chi connectivity index (χ2n) is 5.32. The van der Waals surface area contributed by atoms with E-state index in [9.17, 15) is 22.7 Å². The van der Waals surface area contributed by atoms with Crippen LogP contribution in [0.5, 0.6) is 11.5 Å². The fraction of sp³-hybridized carbons (Fsp3) is 0.118. The zero-order valence-corrected chi connectivity index (χ0v) is 13.8. The summed E-state index contributed by atoms with van der Waals surface area (Å²) in [4.78, 5) is 3.99. The number of rotatable bonds is 6. The number of hydrogen-bond donors (Lipinski definition) is 1. The van der Waals surface area contributed by atoms with Crippen molar-refractivity contribution in [3.8, 4) is 22.9 Å². The van der Waals surface area contributed by atoms with E-state index in [1.165, 1.54) is 24.3 Å². The van der Waals surface area contributed by atoms with Crippen molar-refractivity contribution in [3.63, 3.8) is 0 Å². The third-order valence-corrected chi connectivity index (χ3v) is 3.37. The van der Waals surface area contributed by atoms with Gasteiger partial charge in [0.2, 0.25) is 5.82 Å². The molecule has 0 atom stereocenters. The van der Waals surface area contributed by atoms with E-state index in [-0.39, 0.29) is 24.1 Å². The number of halogens is 4. The molecular formula is C17H10F4N3O4-. The van der Waals surface area contributed by atoms with Gasteiger partial charge < -0.3 is 24.5 Å². The molecule has 2 aromatic carbocycles. The Hall–Kier alpha value is -3.63. The topological polar surface area (TPSA) is 104 Å². The number of nitrogens with zero attached hydrogens (tertiary/aromatic N) is 2. The third kappa shape index (κ3) is 4.55. The first-order valence-corrected chi connectivity index (χ1v) is 7.59. The Bertz CT molecular complexity index is 987. The molecule has 1 aromatic heterocycles. The highest BCUT2D eigenvalue weighted by atomic mass is 19.4. The number of nitrogens with one attached hydrogen (secondary N) is 1. The van der Waals surface area contributed by atoms with Crippen LogP contribution in [0.25, 0.3) is 11.4 Å². The van der Waals surface area contributed by atoms with Gasteiger partial charge in [-0.2, -0.15) is 4.98 Å². The standard InChI is InChI=1S/C17H11F4N3O4/c18-14-11(15(22)25)2-1-3-12(14)26-8-13-23-16(24-28-13)9-4-6-10(7-5-9)27-17(19,20)21/h1-7H,8H2,(H2,22,25)/p-1. The van der Waals surface area contributed by atoms with E-state index >= 15 is 0 Å². The molecule has 0 aliphatic rings. The van der Waals surface area contributed by atoms with E-state index in [0.717, 1.165) is 18.2 Å². The highest BCUT2D eigenvalue weighted by molar-refractivity contribution is 5.88. The van der Waals surface area contributed by atoms with E-state index in [2.05, 4.69) is 14.9 Å². The van der Waals surface area contributed by atoms with Crippen LogP contribution in [0.1, 0.15) is 11.5 Å². The summed E-state index contributed by atoms with van der Waals surface area (Å²) >= 11 is 0. The Morgan fingerprint density at radius 1 is 1.14 bits per heavy atom. The zero-order valence-electron chi connectivity index (χ0n) is 13.8. The van der Waals surface area contributed by atoms with Crippen LogP contribution >= 0.6 is 0 Å². The quantitative estimate of drug-likeness (QED) is 0.390. The van der Waals surface area contributed by atoms with Gasteiger partial charge in [-0.15, -0.1) is 13.2 Å². The van der Waals surface area contributed by atoms with Crippen LogP contribution in [0.15, 0.2) is 47.0 Å². The Labute approximate surface area is 154 Å². The third-order valence-electron chi connectivity index (χ3n) is 3.37. The maximum Gasteiger partial charge on any atom is 0.573 e. The van der Waals surface area contributed by atoms with Gasteiger partial charge in [-0.05, 0) is 36.2 Å². The normalized spacial score (nSPS) is 11.3. The number of benzene rings is 2. The van der Waals surface area contributed by atoms with Crippen molar-refractivity contribution in [1.82, 2.24) is 10.1 Å². The van der Waals surface area contributed by atoms with Crippen LogP contribution in [-0.2, 0) is 6.61 Å². The van der Waals surface area contributed by atoms with Gasteiger partial charge in [-0.3, -0.25) is 0 Å². The predicted octanol–water partition coefficient (Wildman–Crippen LogP) is 3.04. The van der Waals surface area contributed by atoms with Crippen LogP contribution < -0.4 is 14.6 Å². The number of aromatic nitrogens is 2. The van der Waals surface area contributed by atoms with E-state index in [1.54, 1.807) is 0 Å². The molecule has 11 heteroatoms. The molecule has 0 saturated carbocycles. The second-order valence-corrected chi connectivity index (χ2v) is 5.32. The average Bonchev–Trinajstić information content (AvgIpc) is 3.09. The van der Waals surface area contributed by atoms with Crippen LogP contribution in [0, 0.1) is 11.2 Å². The highest BCUT2D eigenvalue weighted by Gasteiger charge is 2.31. The Morgan fingerprint density at radius 3 is 2.50 bits per heavy atom. The van der Waals surface area contributed by atoms with Crippen LogP contribution in [-0.4, -0.2) is 22.4 Å². The Kier molecular flexibility index (Phi) is 5.16. The summed E-state index contributed by atoms with van der Waals surface area (Å²) in [5.74, 6) is -2.81. The van der Waals surface area contributed by atoms with Crippen molar-refractivity contribution in [3.05, 3.63) is 59.7 Å². The number of hydrogen-bond acceptors (Lipinski definition) is 7. The van der Waals surface area contributed by atoms with Crippen molar-refractivity contribution < 1.29 is 36.7 Å². The molecule has 146 valence electrons. The molecule has 0 amide bonds. The first-order valence-electron chi connectivity index (χ1n) is 7.59. The van der Waals surface area contributed by atoms with Gasteiger partial charge in [0, 0.05) is 11.1 Å². The lowest BCUT2D eigenvalue weighted by molar-refractivity contribution is -0.274. The summed E-state index contributed by atoms with van der Waals surface area (Å²) < 4.78 is 64.4. The van der Waals surface area contributed by atoms with Crippen molar-refractivity contribution >= 4 is 5.90 Å². The van der Waals surface area contributed by atoms with Gasteiger partial charge in [0.1, 0.15) is 5.75 Å². The molecule has 0 saturated heterocycles. The summed E-state index contributed by atoms with van der Waals surface area (Å²) in [6, 6.07) is 8.55. The first kappa shape index (κ1) is 19.1. The zero-order chi connectivity index (χ0) is 20.3. The molecule has 3 aromatic rings. The van der Waals surface area contributed by atoms with Gasteiger partial charge in [-0.25, -0.2) is 4.39 Å².